The van der Waals surface area contributed by atoms with Gasteiger partial charge in [-0.2, -0.15) is 5.10 Å². The van der Waals surface area contributed by atoms with Crippen molar-refractivity contribution in [1.29, 1.82) is 0 Å². The van der Waals surface area contributed by atoms with Crippen molar-refractivity contribution in [1.82, 2.24) is 15.1 Å². The summed E-state index contributed by atoms with van der Waals surface area (Å²) in [5.41, 5.74) is 1.11. The molecular weight excluding hydrogens is 330 g/mol. The number of amides is 1. The highest BCUT2D eigenvalue weighted by atomic mass is 35.5. The van der Waals surface area contributed by atoms with E-state index in [1.54, 1.807) is 29.1 Å². The molecule has 1 saturated carbocycles. The smallest absolute Gasteiger partial charge is 0.306 e. The average Bonchev–Trinajstić information content (AvgIpc) is 3.05. The number of nitrogens with one attached hydrogen (secondary N) is 1. The molecule has 1 aliphatic carbocycles. The molecule has 24 heavy (non-hydrogen) atoms. The molecule has 2 aromatic rings. The van der Waals surface area contributed by atoms with Gasteiger partial charge < -0.3 is 10.4 Å². The highest BCUT2D eigenvalue weighted by Crippen LogP contribution is 2.24. The molecule has 2 N–H and O–H groups in total. The summed E-state index contributed by atoms with van der Waals surface area (Å²) in [6, 6.07) is 8.87. The van der Waals surface area contributed by atoms with Crippen molar-refractivity contribution in [2.45, 2.75) is 31.7 Å². The summed E-state index contributed by atoms with van der Waals surface area (Å²) in [6.07, 6.45) is 4.26. The predicted octanol–water partition coefficient (Wildman–Crippen LogP) is 2.90. The van der Waals surface area contributed by atoms with E-state index in [1.807, 2.05) is 12.1 Å². The third kappa shape index (κ3) is 3.76. The van der Waals surface area contributed by atoms with Crippen LogP contribution in [0, 0.1) is 5.92 Å². The van der Waals surface area contributed by atoms with E-state index in [0.717, 1.165) is 5.69 Å². The van der Waals surface area contributed by atoms with Crippen LogP contribution in [0.3, 0.4) is 0 Å². The quantitative estimate of drug-likeness (QED) is 0.890. The number of halogens is 1. The minimum atomic E-state index is -0.750. The zero-order chi connectivity index (χ0) is 17.1. The van der Waals surface area contributed by atoms with Gasteiger partial charge in [-0.3, -0.25) is 9.59 Å². The lowest BCUT2D eigenvalue weighted by Crippen LogP contribution is -2.38. The number of hydrogen-bond donors (Lipinski definition) is 2. The van der Waals surface area contributed by atoms with Gasteiger partial charge in [-0.15, -0.1) is 0 Å². The van der Waals surface area contributed by atoms with E-state index in [0.29, 0.717) is 36.4 Å². The van der Waals surface area contributed by atoms with Gasteiger partial charge in [-0.1, -0.05) is 17.7 Å². The Hall–Kier alpha value is -2.34. The number of nitrogens with zero attached hydrogens (tertiary/aromatic N) is 2. The third-order valence-corrected chi connectivity index (χ3v) is 4.54. The maximum absolute atomic E-state index is 12.3. The Morgan fingerprint density at radius 2 is 1.96 bits per heavy atom. The summed E-state index contributed by atoms with van der Waals surface area (Å²) in [6.45, 7) is 0. The molecule has 1 aliphatic rings. The van der Waals surface area contributed by atoms with Crippen LogP contribution in [0.2, 0.25) is 5.02 Å². The first-order valence-corrected chi connectivity index (χ1v) is 8.26. The number of carboxylic acids is 1. The second-order valence-electron chi connectivity index (χ2n) is 5.99. The maximum atomic E-state index is 12.3. The van der Waals surface area contributed by atoms with Crippen LogP contribution in [0.25, 0.3) is 5.69 Å². The van der Waals surface area contributed by atoms with E-state index in [9.17, 15) is 9.59 Å². The summed E-state index contributed by atoms with van der Waals surface area (Å²) in [5, 5.41) is 16.8. The number of carbonyl (C=O) groups excluding carboxylic acids is 1. The lowest BCUT2D eigenvalue weighted by molar-refractivity contribution is -0.142. The highest BCUT2D eigenvalue weighted by Gasteiger charge is 2.27. The SMILES string of the molecule is O=C(NC1CCC(C(=O)O)CC1)c1ccn(-c2cccc(Cl)c2)n1. The van der Waals surface area contributed by atoms with E-state index in [4.69, 9.17) is 16.7 Å². The van der Waals surface area contributed by atoms with Crippen LogP contribution in [0.4, 0.5) is 0 Å². The Kier molecular flexibility index (Phi) is 4.85. The molecular formula is C17H18ClN3O3. The highest BCUT2D eigenvalue weighted by molar-refractivity contribution is 6.30. The molecule has 0 aliphatic heterocycles. The number of aromatic nitrogens is 2. The summed E-state index contributed by atoms with van der Waals surface area (Å²) >= 11 is 5.96. The zero-order valence-electron chi connectivity index (χ0n) is 13.0. The Morgan fingerprint density at radius 3 is 2.62 bits per heavy atom. The van der Waals surface area contributed by atoms with Gasteiger partial charge in [0.15, 0.2) is 5.69 Å². The van der Waals surface area contributed by atoms with E-state index in [1.165, 1.54) is 0 Å². The summed E-state index contributed by atoms with van der Waals surface area (Å²) in [5.74, 6) is -1.28. The maximum Gasteiger partial charge on any atom is 0.306 e. The van der Waals surface area contributed by atoms with Crippen LogP contribution in [0.1, 0.15) is 36.2 Å². The Bertz CT molecular complexity index is 751. The lowest BCUT2D eigenvalue weighted by atomic mass is 9.86. The van der Waals surface area contributed by atoms with Crippen LogP contribution in [0.15, 0.2) is 36.5 Å². The van der Waals surface area contributed by atoms with Crippen molar-refractivity contribution < 1.29 is 14.7 Å². The molecule has 1 aromatic heterocycles. The standard InChI is InChI=1S/C17H18ClN3O3/c18-12-2-1-3-14(10-12)21-9-8-15(20-21)16(22)19-13-6-4-11(5-7-13)17(23)24/h1-3,8-11,13H,4-7H2,(H,19,22)(H,23,24). The molecule has 0 atom stereocenters. The topological polar surface area (TPSA) is 84.2 Å². The Balaban J connectivity index is 1.61. The predicted molar refractivity (Wildman–Crippen MR) is 89.4 cm³/mol. The molecule has 1 amide bonds. The molecule has 1 fully saturated rings. The van der Waals surface area contributed by atoms with Gasteiger partial charge in [0, 0.05) is 17.3 Å². The molecule has 0 spiro atoms. The molecule has 0 radical (unpaired) electrons. The van der Waals surface area contributed by atoms with Crippen molar-refractivity contribution in [3.8, 4) is 5.69 Å². The third-order valence-electron chi connectivity index (χ3n) is 4.31. The fraction of sp³-hybridized carbons (Fsp3) is 0.353. The van der Waals surface area contributed by atoms with Crippen molar-refractivity contribution >= 4 is 23.5 Å². The Labute approximate surface area is 144 Å². The number of benzene rings is 1. The van der Waals surface area contributed by atoms with Gasteiger partial charge in [0.1, 0.15) is 0 Å². The number of aliphatic carboxylic acids is 1. The zero-order valence-corrected chi connectivity index (χ0v) is 13.7. The van der Waals surface area contributed by atoms with Gasteiger partial charge in [0.2, 0.25) is 0 Å². The van der Waals surface area contributed by atoms with Gasteiger partial charge in [-0.05, 0) is 49.9 Å². The van der Waals surface area contributed by atoms with Gasteiger partial charge in [-0.25, -0.2) is 4.68 Å². The average molecular weight is 348 g/mol. The molecule has 0 bridgehead atoms. The minimum Gasteiger partial charge on any atom is -0.481 e. The molecule has 1 aromatic carbocycles. The second-order valence-corrected chi connectivity index (χ2v) is 6.42. The van der Waals surface area contributed by atoms with Gasteiger partial charge >= 0.3 is 5.97 Å². The van der Waals surface area contributed by atoms with Gasteiger partial charge in [0.25, 0.3) is 5.91 Å². The molecule has 3 rings (SSSR count). The largest absolute Gasteiger partial charge is 0.481 e. The lowest BCUT2D eigenvalue weighted by Gasteiger charge is -2.26. The number of rotatable bonds is 4. The minimum absolute atomic E-state index is 0.00409. The first kappa shape index (κ1) is 16.5. The first-order chi connectivity index (χ1) is 11.5. The summed E-state index contributed by atoms with van der Waals surface area (Å²) < 4.78 is 1.60. The van der Waals surface area contributed by atoms with Crippen LogP contribution < -0.4 is 5.32 Å². The normalized spacial score (nSPS) is 20.5. The molecule has 0 saturated heterocycles. The van der Waals surface area contributed by atoms with Crippen LogP contribution in [0.5, 0.6) is 0 Å². The second kappa shape index (κ2) is 7.05. The fourth-order valence-corrected chi connectivity index (χ4v) is 3.14. The molecule has 7 heteroatoms. The van der Waals surface area contributed by atoms with E-state index in [-0.39, 0.29) is 17.9 Å². The molecule has 1 heterocycles. The summed E-state index contributed by atoms with van der Waals surface area (Å²) in [4.78, 5) is 23.3. The number of hydrogen-bond acceptors (Lipinski definition) is 3. The summed E-state index contributed by atoms with van der Waals surface area (Å²) in [7, 11) is 0. The van der Waals surface area contributed by atoms with E-state index in [2.05, 4.69) is 10.4 Å². The van der Waals surface area contributed by atoms with E-state index >= 15 is 0 Å². The monoisotopic (exact) mass is 347 g/mol. The van der Waals surface area contributed by atoms with Crippen molar-refractivity contribution in [2.75, 3.05) is 0 Å². The number of carbonyl (C=O) groups is 2. The number of carboxylic acid groups (broad SMARTS) is 1. The Morgan fingerprint density at radius 1 is 1.21 bits per heavy atom. The van der Waals surface area contributed by atoms with Crippen molar-refractivity contribution in [3.63, 3.8) is 0 Å². The van der Waals surface area contributed by atoms with Gasteiger partial charge in [0.05, 0.1) is 11.6 Å². The van der Waals surface area contributed by atoms with E-state index < -0.39 is 5.97 Å². The van der Waals surface area contributed by atoms with Crippen LogP contribution in [-0.2, 0) is 4.79 Å². The molecule has 0 unspecified atom stereocenters. The first-order valence-electron chi connectivity index (χ1n) is 7.88. The van der Waals surface area contributed by atoms with Crippen molar-refractivity contribution in [2.24, 2.45) is 5.92 Å². The van der Waals surface area contributed by atoms with Crippen LogP contribution >= 0.6 is 11.6 Å². The molecule has 6 nitrogen and oxygen atoms in total. The fourth-order valence-electron chi connectivity index (χ4n) is 2.95. The van der Waals surface area contributed by atoms with Crippen LogP contribution in [-0.4, -0.2) is 32.8 Å². The van der Waals surface area contributed by atoms with Crippen molar-refractivity contribution in [3.05, 3.63) is 47.2 Å². The molecule has 126 valence electrons.